The van der Waals surface area contributed by atoms with Gasteiger partial charge < -0.3 is 29.7 Å². The molecule has 0 heterocycles. The number of nitrogens with zero attached hydrogens (tertiary/aromatic N) is 2. The number of rotatable bonds is 12. The highest BCUT2D eigenvalue weighted by atomic mass is 127. The van der Waals surface area contributed by atoms with Gasteiger partial charge in [-0.05, 0) is 59.2 Å². The summed E-state index contributed by atoms with van der Waals surface area (Å²) in [5.41, 5.74) is 1.07. The van der Waals surface area contributed by atoms with E-state index in [1.807, 2.05) is 19.1 Å². The summed E-state index contributed by atoms with van der Waals surface area (Å²) in [5.74, 6) is 2.37. The second-order valence-corrected chi connectivity index (χ2v) is 7.95. The molecule has 31 heavy (non-hydrogen) atoms. The molecule has 0 saturated heterocycles. The van der Waals surface area contributed by atoms with Crippen LogP contribution in [0.1, 0.15) is 44.6 Å². The SMILES string of the molecule is CCOC(CCN(C)C)CNC(=NC)NCc1cccc(OC)c1OC1CCCC1.I. The van der Waals surface area contributed by atoms with E-state index >= 15 is 0 Å². The highest BCUT2D eigenvalue weighted by molar-refractivity contribution is 14.0. The summed E-state index contributed by atoms with van der Waals surface area (Å²) in [7, 11) is 7.63. The topological polar surface area (TPSA) is 67.4 Å². The molecule has 1 fully saturated rings. The van der Waals surface area contributed by atoms with E-state index < -0.39 is 0 Å². The second-order valence-electron chi connectivity index (χ2n) is 7.95. The maximum absolute atomic E-state index is 6.33. The zero-order valence-electron chi connectivity index (χ0n) is 19.8. The molecule has 0 aliphatic heterocycles. The summed E-state index contributed by atoms with van der Waals surface area (Å²) in [5, 5.41) is 6.79. The number of benzene rings is 1. The molecule has 1 aliphatic rings. The van der Waals surface area contributed by atoms with Gasteiger partial charge >= 0.3 is 0 Å². The Morgan fingerprint density at radius 3 is 2.58 bits per heavy atom. The molecule has 2 N–H and O–H groups in total. The van der Waals surface area contributed by atoms with Gasteiger partial charge in [-0.2, -0.15) is 0 Å². The van der Waals surface area contributed by atoms with Crippen molar-refractivity contribution >= 4 is 29.9 Å². The third kappa shape index (κ3) is 9.82. The van der Waals surface area contributed by atoms with Crippen molar-refractivity contribution in [2.75, 3.05) is 47.9 Å². The average molecular weight is 549 g/mol. The summed E-state index contributed by atoms with van der Waals surface area (Å²) < 4.78 is 17.8. The Morgan fingerprint density at radius 1 is 1.23 bits per heavy atom. The van der Waals surface area contributed by atoms with Gasteiger partial charge in [-0.1, -0.05) is 12.1 Å². The van der Waals surface area contributed by atoms with E-state index in [-0.39, 0.29) is 36.2 Å². The molecule has 7 nitrogen and oxygen atoms in total. The molecule has 178 valence electrons. The van der Waals surface area contributed by atoms with Crippen molar-refractivity contribution in [3.8, 4) is 11.5 Å². The van der Waals surface area contributed by atoms with Crippen molar-refractivity contribution in [1.82, 2.24) is 15.5 Å². The van der Waals surface area contributed by atoms with Gasteiger partial charge in [0, 0.05) is 38.9 Å². The first-order valence-corrected chi connectivity index (χ1v) is 11.1. The molecular weight excluding hydrogens is 507 g/mol. The quantitative estimate of drug-likeness (QED) is 0.236. The van der Waals surface area contributed by atoms with Crippen molar-refractivity contribution in [2.24, 2.45) is 4.99 Å². The maximum atomic E-state index is 6.33. The number of methoxy groups -OCH3 is 1. The lowest BCUT2D eigenvalue weighted by Crippen LogP contribution is -2.42. The zero-order valence-corrected chi connectivity index (χ0v) is 22.1. The maximum Gasteiger partial charge on any atom is 0.191 e. The van der Waals surface area contributed by atoms with E-state index in [1.165, 1.54) is 12.8 Å². The number of guanidine groups is 1. The molecule has 1 aliphatic carbocycles. The third-order valence-corrected chi connectivity index (χ3v) is 5.33. The summed E-state index contributed by atoms with van der Waals surface area (Å²) in [4.78, 5) is 6.54. The van der Waals surface area contributed by atoms with Crippen LogP contribution in [0.3, 0.4) is 0 Å². The molecule has 1 aromatic rings. The lowest BCUT2D eigenvalue weighted by molar-refractivity contribution is 0.0548. The summed E-state index contributed by atoms with van der Waals surface area (Å²) in [6.45, 7) is 5.05. The molecular formula is C23H41IN4O3. The van der Waals surface area contributed by atoms with E-state index in [0.717, 1.165) is 48.8 Å². The van der Waals surface area contributed by atoms with Crippen LogP contribution in [0.4, 0.5) is 0 Å². The first kappa shape index (κ1) is 27.8. The summed E-state index contributed by atoms with van der Waals surface area (Å²) in [6.07, 6.45) is 6.09. The molecule has 0 aromatic heterocycles. The molecule has 0 radical (unpaired) electrons. The van der Waals surface area contributed by atoms with Gasteiger partial charge in [-0.25, -0.2) is 0 Å². The van der Waals surface area contributed by atoms with Gasteiger partial charge in [0.25, 0.3) is 0 Å². The van der Waals surface area contributed by atoms with Crippen molar-refractivity contribution in [3.63, 3.8) is 0 Å². The minimum Gasteiger partial charge on any atom is -0.493 e. The van der Waals surface area contributed by atoms with E-state index in [1.54, 1.807) is 14.2 Å². The number of nitrogens with one attached hydrogen (secondary N) is 2. The predicted molar refractivity (Wildman–Crippen MR) is 138 cm³/mol. The van der Waals surface area contributed by atoms with Gasteiger partial charge in [0.05, 0.1) is 19.3 Å². The number of hydrogen-bond acceptors (Lipinski definition) is 5. The second kappa shape index (κ2) is 15.5. The monoisotopic (exact) mass is 548 g/mol. The first-order chi connectivity index (χ1) is 14.6. The Balaban J connectivity index is 0.00000480. The van der Waals surface area contributed by atoms with E-state index in [2.05, 4.69) is 40.7 Å². The van der Waals surface area contributed by atoms with Gasteiger partial charge in [-0.3, -0.25) is 4.99 Å². The average Bonchev–Trinajstić information content (AvgIpc) is 3.25. The molecule has 0 spiro atoms. The normalized spacial score (nSPS) is 15.5. The molecule has 8 heteroatoms. The number of aliphatic imine (C=N–C) groups is 1. The van der Waals surface area contributed by atoms with Crippen LogP contribution < -0.4 is 20.1 Å². The molecule has 1 atom stereocenters. The highest BCUT2D eigenvalue weighted by Gasteiger charge is 2.20. The van der Waals surface area contributed by atoms with Crippen LogP contribution in [-0.2, 0) is 11.3 Å². The third-order valence-electron chi connectivity index (χ3n) is 5.33. The smallest absolute Gasteiger partial charge is 0.191 e. The van der Waals surface area contributed by atoms with E-state index in [0.29, 0.717) is 19.7 Å². The zero-order chi connectivity index (χ0) is 21.8. The summed E-state index contributed by atoms with van der Waals surface area (Å²) in [6, 6.07) is 6.03. The van der Waals surface area contributed by atoms with Crippen LogP contribution in [0.25, 0.3) is 0 Å². The van der Waals surface area contributed by atoms with Gasteiger partial charge in [0.15, 0.2) is 17.5 Å². The largest absolute Gasteiger partial charge is 0.493 e. The van der Waals surface area contributed by atoms with Crippen molar-refractivity contribution in [3.05, 3.63) is 23.8 Å². The Labute approximate surface area is 205 Å². The number of halogens is 1. The van der Waals surface area contributed by atoms with Gasteiger partial charge in [0.2, 0.25) is 0 Å². The molecule has 0 amide bonds. The Bertz CT molecular complexity index is 652. The molecule has 1 aromatic carbocycles. The number of ether oxygens (including phenoxy) is 3. The van der Waals surface area contributed by atoms with Gasteiger partial charge in [0.1, 0.15) is 0 Å². The Kier molecular flexibility index (Phi) is 13.9. The molecule has 1 unspecified atom stereocenters. The first-order valence-electron chi connectivity index (χ1n) is 11.1. The lowest BCUT2D eigenvalue weighted by Gasteiger charge is -2.22. The minimum atomic E-state index is 0. The van der Waals surface area contributed by atoms with Crippen LogP contribution in [0.15, 0.2) is 23.2 Å². The lowest BCUT2D eigenvalue weighted by atomic mass is 10.1. The van der Waals surface area contributed by atoms with E-state index in [9.17, 15) is 0 Å². The minimum absolute atomic E-state index is 0. The fourth-order valence-electron chi connectivity index (χ4n) is 3.66. The van der Waals surface area contributed by atoms with Gasteiger partial charge in [-0.15, -0.1) is 24.0 Å². The van der Waals surface area contributed by atoms with Crippen LogP contribution in [0, 0.1) is 0 Å². The molecule has 0 bridgehead atoms. The van der Waals surface area contributed by atoms with Crippen LogP contribution in [-0.4, -0.2) is 71.0 Å². The van der Waals surface area contributed by atoms with Crippen molar-refractivity contribution in [2.45, 2.75) is 57.8 Å². The Morgan fingerprint density at radius 2 is 1.97 bits per heavy atom. The standard InChI is InChI=1S/C23H40N4O3.HI/c1-6-29-20(14-15-27(3)4)17-26-23(24-2)25-16-18-10-9-13-21(28-5)22(18)30-19-11-7-8-12-19;/h9-10,13,19-20H,6-8,11-12,14-17H2,1-5H3,(H2,24,25,26);1H. The Hall–Kier alpha value is -1.26. The van der Waals surface area contributed by atoms with Crippen LogP contribution in [0.2, 0.25) is 0 Å². The summed E-state index contributed by atoms with van der Waals surface area (Å²) >= 11 is 0. The predicted octanol–water partition coefficient (Wildman–Crippen LogP) is 3.66. The molecule has 1 saturated carbocycles. The van der Waals surface area contributed by atoms with Crippen molar-refractivity contribution < 1.29 is 14.2 Å². The fraction of sp³-hybridized carbons (Fsp3) is 0.696. The number of para-hydroxylation sites is 1. The van der Waals surface area contributed by atoms with E-state index in [4.69, 9.17) is 14.2 Å². The molecule has 2 rings (SSSR count). The van der Waals surface area contributed by atoms with Crippen LogP contribution >= 0.6 is 24.0 Å². The highest BCUT2D eigenvalue weighted by Crippen LogP contribution is 2.34. The fourth-order valence-corrected chi connectivity index (χ4v) is 3.66. The van der Waals surface area contributed by atoms with Crippen molar-refractivity contribution in [1.29, 1.82) is 0 Å². The number of hydrogen-bond donors (Lipinski definition) is 2. The van der Waals surface area contributed by atoms with Crippen LogP contribution in [0.5, 0.6) is 11.5 Å².